The third kappa shape index (κ3) is 8.41. The second-order valence-corrected chi connectivity index (χ2v) is 7.05. The van der Waals surface area contributed by atoms with E-state index in [4.69, 9.17) is 9.84 Å². The molecule has 2 rings (SSSR count). The number of carbonyl (C=O) groups is 3. The van der Waals surface area contributed by atoms with Gasteiger partial charge in [0.1, 0.15) is 12.6 Å². The van der Waals surface area contributed by atoms with Crippen molar-refractivity contribution in [3.05, 3.63) is 35.9 Å². The van der Waals surface area contributed by atoms with Gasteiger partial charge >= 0.3 is 11.9 Å². The summed E-state index contributed by atoms with van der Waals surface area (Å²) >= 11 is 0. The summed E-state index contributed by atoms with van der Waals surface area (Å²) < 4.78 is 5.20. The van der Waals surface area contributed by atoms with Crippen molar-refractivity contribution in [2.24, 2.45) is 0 Å². The summed E-state index contributed by atoms with van der Waals surface area (Å²) in [5.74, 6) is -1.66. The molecule has 29 heavy (non-hydrogen) atoms. The predicted molar refractivity (Wildman–Crippen MR) is 112 cm³/mol. The second kappa shape index (κ2) is 13.2. The van der Waals surface area contributed by atoms with Crippen LogP contribution in [0.4, 0.5) is 0 Å². The average molecular weight is 427 g/mol. The highest BCUT2D eigenvalue weighted by Gasteiger charge is 2.31. The minimum Gasteiger partial charge on any atom is -0.480 e. The Morgan fingerprint density at radius 2 is 1.97 bits per heavy atom. The molecular weight excluding hydrogens is 396 g/mol. The highest BCUT2D eigenvalue weighted by molar-refractivity contribution is 5.86. The molecule has 0 aromatic heterocycles. The van der Waals surface area contributed by atoms with Crippen molar-refractivity contribution >= 4 is 30.3 Å². The molecule has 1 unspecified atom stereocenters. The van der Waals surface area contributed by atoms with Crippen molar-refractivity contribution in [3.8, 4) is 0 Å². The fraction of sp³-hybridized carbons (Fsp3) is 0.571. The first-order valence-corrected chi connectivity index (χ1v) is 9.98. The second-order valence-electron chi connectivity index (χ2n) is 7.05. The van der Waals surface area contributed by atoms with Crippen LogP contribution in [-0.4, -0.2) is 59.6 Å². The number of aryl methyl sites for hydroxylation is 1. The van der Waals surface area contributed by atoms with Crippen LogP contribution in [0, 0.1) is 0 Å². The number of carboxylic acids is 1. The number of nitrogens with one attached hydrogen (secondary N) is 1. The Balaban J connectivity index is 0.00000420. The first kappa shape index (κ1) is 24.9. The van der Waals surface area contributed by atoms with Gasteiger partial charge in [0.25, 0.3) is 0 Å². The minimum absolute atomic E-state index is 0. The summed E-state index contributed by atoms with van der Waals surface area (Å²) in [6.07, 6.45) is 4.34. The topological polar surface area (TPSA) is 95.9 Å². The Kier molecular flexibility index (Phi) is 11.3. The van der Waals surface area contributed by atoms with Gasteiger partial charge in [-0.15, -0.1) is 12.4 Å². The molecule has 0 spiro atoms. The van der Waals surface area contributed by atoms with Crippen LogP contribution >= 0.6 is 12.4 Å². The van der Waals surface area contributed by atoms with E-state index in [-0.39, 0.29) is 37.4 Å². The number of aliphatic carboxylic acids is 1. The molecule has 1 fully saturated rings. The number of hydrogen-bond acceptors (Lipinski definition) is 5. The Labute approximate surface area is 178 Å². The van der Waals surface area contributed by atoms with Crippen LogP contribution in [-0.2, 0) is 25.5 Å². The zero-order chi connectivity index (χ0) is 20.4. The molecule has 162 valence electrons. The van der Waals surface area contributed by atoms with Gasteiger partial charge in [-0.2, -0.15) is 0 Å². The van der Waals surface area contributed by atoms with E-state index < -0.39 is 18.1 Å². The SMILES string of the molecule is CCOC(=O)C(CCc1ccccc1)N[C@H]1CCCCCN(CC(=O)O)C1=O.Cl. The maximum absolute atomic E-state index is 12.9. The zero-order valence-electron chi connectivity index (χ0n) is 16.8. The van der Waals surface area contributed by atoms with E-state index in [2.05, 4.69) is 5.32 Å². The van der Waals surface area contributed by atoms with Crippen molar-refractivity contribution in [2.45, 2.75) is 57.5 Å². The Morgan fingerprint density at radius 1 is 1.24 bits per heavy atom. The van der Waals surface area contributed by atoms with Crippen LogP contribution in [0.3, 0.4) is 0 Å². The normalized spacial score (nSPS) is 18.2. The lowest BCUT2D eigenvalue weighted by atomic mass is 10.00. The van der Waals surface area contributed by atoms with Gasteiger partial charge in [-0.25, -0.2) is 0 Å². The first-order chi connectivity index (χ1) is 13.5. The molecule has 1 aliphatic heterocycles. The lowest BCUT2D eigenvalue weighted by Gasteiger charge is -2.31. The number of carbonyl (C=O) groups excluding carboxylic acids is 2. The Bertz CT molecular complexity index is 656. The quantitative estimate of drug-likeness (QED) is 0.589. The predicted octanol–water partition coefficient (Wildman–Crippen LogP) is 2.42. The maximum atomic E-state index is 12.9. The van der Waals surface area contributed by atoms with Gasteiger partial charge in [-0.3, -0.25) is 19.7 Å². The maximum Gasteiger partial charge on any atom is 0.323 e. The van der Waals surface area contributed by atoms with Crippen molar-refractivity contribution in [1.29, 1.82) is 0 Å². The van der Waals surface area contributed by atoms with E-state index in [1.807, 2.05) is 30.3 Å². The summed E-state index contributed by atoms with van der Waals surface area (Å²) in [5.41, 5.74) is 1.11. The molecule has 1 aromatic rings. The van der Waals surface area contributed by atoms with Crippen LogP contribution in [0.2, 0.25) is 0 Å². The van der Waals surface area contributed by atoms with Crippen LogP contribution in [0.5, 0.6) is 0 Å². The monoisotopic (exact) mass is 426 g/mol. The number of amides is 1. The summed E-state index contributed by atoms with van der Waals surface area (Å²) in [4.78, 5) is 37.8. The molecule has 0 bridgehead atoms. The van der Waals surface area contributed by atoms with Crippen molar-refractivity contribution < 1.29 is 24.2 Å². The van der Waals surface area contributed by atoms with Crippen LogP contribution in [0.15, 0.2) is 30.3 Å². The lowest BCUT2D eigenvalue weighted by molar-refractivity contribution is -0.148. The Morgan fingerprint density at radius 3 is 2.62 bits per heavy atom. The number of ether oxygens (including phenoxy) is 1. The van der Waals surface area contributed by atoms with Crippen LogP contribution in [0.1, 0.15) is 44.6 Å². The third-order valence-electron chi connectivity index (χ3n) is 4.89. The number of benzene rings is 1. The molecule has 1 aliphatic rings. The van der Waals surface area contributed by atoms with Gasteiger partial charge in [0, 0.05) is 6.54 Å². The molecule has 0 aliphatic carbocycles. The molecule has 2 atom stereocenters. The highest BCUT2D eigenvalue weighted by Crippen LogP contribution is 2.15. The fourth-order valence-electron chi connectivity index (χ4n) is 3.47. The molecular formula is C21H31ClN2O5. The number of hydrogen-bond donors (Lipinski definition) is 2. The van der Waals surface area contributed by atoms with Gasteiger partial charge < -0.3 is 14.7 Å². The van der Waals surface area contributed by atoms with E-state index >= 15 is 0 Å². The summed E-state index contributed by atoms with van der Waals surface area (Å²) in [6, 6.07) is 8.64. The smallest absolute Gasteiger partial charge is 0.323 e. The van der Waals surface area contributed by atoms with Crippen molar-refractivity contribution in [3.63, 3.8) is 0 Å². The highest BCUT2D eigenvalue weighted by atomic mass is 35.5. The lowest BCUT2D eigenvalue weighted by Crippen LogP contribution is -2.54. The number of carboxylic acid groups (broad SMARTS) is 1. The first-order valence-electron chi connectivity index (χ1n) is 9.98. The molecule has 7 nitrogen and oxygen atoms in total. The van der Waals surface area contributed by atoms with Crippen molar-refractivity contribution in [2.75, 3.05) is 19.7 Å². The number of esters is 1. The van der Waals surface area contributed by atoms with Gasteiger partial charge in [-0.1, -0.05) is 43.2 Å². The molecule has 8 heteroatoms. The third-order valence-corrected chi connectivity index (χ3v) is 4.89. The van der Waals surface area contributed by atoms with Gasteiger partial charge in [0.05, 0.1) is 12.6 Å². The average Bonchev–Trinajstić information content (AvgIpc) is 2.67. The van der Waals surface area contributed by atoms with E-state index in [1.54, 1.807) is 6.92 Å². The fourth-order valence-corrected chi connectivity index (χ4v) is 3.47. The molecule has 0 saturated carbocycles. The van der Waals surface area contributed by atoms with Crippen molar-refractivity contribution in [1.82, 2.24) is 10.2 Å². The molecule has 0 radical (unpaired) electrons. The molecule has 1 heterocycles. The minimum atomic E-state index is -1.03. The zero-order valence-corrected chi connectivity index (χ0v) is 17.7. The number of nitrogens with zero attached hydrogens (tertiary/aromatic N) is 1. The number of rotatable bonds is 9. The van der Waals surface area contributed by atoms with Gasteiger partial charge in [-0.05, 0) is 38.2 Å². The van der Waals surface area contributed by atoms with Crippen LogP contribution < -0.4 is 5.32 Å². The van der Waals surface area contributed by atoms with Gasteiger partial charge in [0.15, 0.2) is 0 Å². The molecule has 1 amide bonds. The Hall–Kier alpha value is -2.12. The number of likely N-dealkylation sites (tertiary alicyclic amines) is 1. The molecule has 1 saturated heterocycles. The van der Waals surface area contributed by atoms with E-state index in [1.165, 1.54) is 4.90 Å². The molecule has 2 N–H and O–H groups in total. The largest absolute Gasteiger partial charge is 0.480 e. The summed E-state index contributed by atoms with van der Waals surface area (Å²) in [7, 11) is 0. The summed E-state index contributed by atoms with van der Waals surface area (Å²) in [6.45, 7) is 2.14. The van der Waals surface area contributed by atoms with Gasteiger partial charge in [0.2, 0.25) is 5.91 Å². The van der Waals surface area contributed by atoms with E-state index in [9.17, 15) is 14.4 Å². The van der Waals surface area contributed by atoms with E-state index in [0.29, 0.717) is 25.8 Å². The summed E-state index contributed by atoms with van der Waals surface area (Å²) in [5, 5.41) is 12.3. The number of halogens is 1. The molecule has 1 aromatic carbocycles. The standard InChI is InChI=1S/C21H30N2O5.ClH/c1-2-28-21(27)18(13-12-16-9-5-3-6-10-16)22-17-11-7-4-8-14-23(20(17)26)15-19(24)25;/h3,5-6,9-10,17-18,22H,2,4,7-8,11-15H2,1H3,(H,24,25);1H/t17-,18?;/m0./s1. The van der Waals surface area contributed by atoms with E-state index in [0.717, 1.165) is 24.8 Å². The van der Waals surface area contributed by atoms with Crippen LogP contribution in [0.25, 0.3) is 0 Å².